The van der Waals surface area contributed by atoms with Gasteiger partial charge in [-0.15, -0.1) is 11.3 Å². The van der Waals surface area contributed by atoms with Crippen LogP contribution in [0, 0.1) is 12.8 Å². The average Bonchev–Trinajstić information content (AvgIpc) is 2.89. The van der Waals surface area contributed by atoms with Gasteiger partial charge in [-0.25, -0.2) is 4.98 Å². The van der Waals surface area contributed by atoms with E-state index in [1.807, 2.05) is 0 Å². The lowest BCUT2D eigenvalue weighted by atomic mass is 9.86. The standard InChI is InChI=1S/C18H21F3N2OS/c1-10-5-4-6-12(9-10)23(3)17(24)15-11(2)13-7-8-14(18(19,20)21)22-16(13)25-15/h7-8,10,12H,4-6,9H2,1-3H3. The minimum atomic E-state index is -4.48. The van der Waals surface area contributed by atoms with Crippen LogP contribution in [-0.2, 0) is 6.18 Å². The fraction of sp³-hybridized carbons (Fsp3) is 0.556. The summed E-state index contributed by atoms with van der Waals surface area (Å²) in [5, 5.41) is 0.617. The van der Waals surface area contributed by atoms with Crippen molar-refractivity contribution in [3.63, 3.8) is 0 Å². The van der Waals surface area contributed by atoms with Crippen LogP contribution in [-0.4, -0.2) is 28.9 Å². The first-order valence-corrected chi connectivity index (χ1v) is 9.24. The van der Waals surface area contributed by atoms with E-state index in [1.54, 1.807) is 18.9 Å². The van der Waals surface area contributed by atoms with Crippen molar-refractivity contribution in [2.24, 2.45) is 5.92 Å². The van der Waals surface area contributed by atoms with Gasteiger partial charge in [-0.2, -0.15) is 13.2 Å². The molecule has 136 valence electrons. The highest BCUT2D eigenvalue weighted by Crippen LogP contribution is 2.35. The van der Waals surface area contributed by atoms with Crippen LogP contribution in [0.3, 0.4) is 0 Å². The molecule has 0 aromatic carbocycles. The molecule has 0 aliphatic heterocycles. The molecule has 25 heavy (non-hydrogen) atoms. The predicted octanol–water partition coefficient (Wildman–Crippen LogP) is 5.27. The van der Waals surface area contributed by atoms with Gasteiger partial charge >= 0.3 is 6.18 Å². The Balaban J connectivity index is 1.92. The Labute approximate surface area is 148 Å². The Morgan fingerprint density at radius 3 is 2.68 bits per heavy atom. The van der Waals surface area contributed by atoms with Crippen molar-refractivity contribution in [3.05, 3.63) is 28.3 Å². The van der Waals surface area contributed by atoms with Crippen LogP contribution >= 0.6 is 11.3 Å². The van der Waals surface area contributed by atoms with Crippen LogP contribution < -0.4 is 0 Å². The second kappa shape index (κ2) is 6.59. The van der Waals surface area contributed by atoms with Crippen LogP contribution in [0.4, 0.5) is 13.2 Å². The molecule has 0 spiro atoms. The van der Waals surface area contributed by atoms with Gasteiger partial charge in [0.15, 0.2) is 0 Å². The lowest BCUT2D eigenvalue weighted by Gasteiger charge is -2.34. The molecular formula is C18H21F3N2OS. The smallest absolute Gasteiger partial charge is 0.338 e. The lowest BCUT2D eigenvalue weighted by Crippen LogP contribution is -2.39. The van der Waals surface area contributed by atoms with Crippen LogP contribution in [0.2, 0.25) is 0 Å². The Kier molecular flexibility index (Phi) is 4.79. The zero-order valence-corrected chi connectivity index (χ0v) is 15.3. The van der Waals surface area contributed by atoms with E-state index in [0.29, 0.717) is 21.7 Å². The molecule has 0 radical (unpaired) electrons. The second-order valence-electron chi connectivity index (χ2n) is 6.94. The molecule has 0 bridgehead atoms. The number of nitrogens with zero attached hydrogens (tertiary/aromatic N) is 2. The normalized spacial score (nSPS) is 21.5. The molecule has 3 rings (SSSR count). The number of carbonyl (C=O) groups is 1. The molecule has 2 atom stereocenters. The van der Waals surface area contributed by atoms with Crippen molar-refractivity contribution in [2.75, 3.05) is 7.05 Å². The van der Waals surface area contributed by atoms with Gasteiger partial charge in [0, 0.05) is 18.5 Å². The summed E-state index contributed by atoms with van der Waals surface area (Å²) in [4.78, 5) is 19.1. The van der Waals surface area contributed by atoms with E-state index >= 15 is 0 Å². The molecule has 3 nitrogen and oxygen atoms in total. The first-order valence-electron chi connectivity index (χ1n) is 8.43. The molecule has 2 aromatic heterocycles. The maximum Gasteiger partial charge on any atom is 0.433 e. The fourth-order valence-electron chi connectivity index (χ4n) is 3.54. The number of aromatic nitrogens is 1. The van der Waals surface area contributed by atoms with Crippen LogP contribution in [0.1, 0.15) is 53.5 Å². The van der Waals surface area contributed by atoms with E-state index in [2.05, 4.69) is 11.9 Å². The zero-order chi connectivity index (χ0) is 18.4. The number of pyridine rings is 1. The summed E-state index contributed by atoms with van der Waals surface area (Å²) in [5.74, 6) is 0.474. The maximum absolute atomic E-state index is 12.9. The quantitative estimate of drug-likeness (QED) is 0.721. The molecule has 7 heteroatoms. The average molecular weight is 370 g/mol. The topological polar surface area (TPSA) is 33.2 Å². The number of halogens is 3. The van der Waals surface area contributed by atoms with Crippen LogP contribution in [0.25, 0.3) is 10.2 Å². The number of carbonyl (C=O) groups excluding carboxylic acids is 1. The van der Waals surface area contributed by atoms with Crippen molar-refractivity contribution in [2.45, 2.75) is 51.7 Å². The SMILES string of the molecule is Cc1c(C(=O)N(C)C2CCCC(C)C2)sc2nc(C(F)(F)F)ccc12. The summed E-state index contributed by atoms with van der Waals surface area (Å²) in [5.41, 5.74) is -0.211. The molecule has 2 aromatic rings. The number of thiophene rings is 1. The molecule has 2 heterocycles. The number of aryl methyl sites for hydroxylation is 1. The third-order valence-corrected chi connectivity index (χ3v) is 6.25. The molecule has 1 amide bonds. The number of amides is 1. The van der Waals surface area contributed by atoms with E-state index < -0.39 is 11.9 Å². The van der Waals surface area contributed by atoms with Gasteiger partial charge in [0.05, 0.1) is 4.88 Å². The molecule has 1 aliphatic carbocycles. The fourth-order valence-corrected chi connectivity index (χ4v) is 4.70. The highest BCUT2D eigenvalue weighted by atomic mass is 32.1. The van der Waals surface area contributed by atoms with Gasteiger partial charge < -0.3 is 4.90 Å². The number of hydrogen-bond acceptors (Lipinski definition) is 3. The van der Waals surface area contributed by atoms with Crippen molar-refractivity contribution in [1.82, 2.24) is 9.88 Å². The third kappa shape index (κ3) is 3.52. The number of alkyl halides is 3. The van der Waals surface area contributed by atoms with E-state index in [0.717, 1.165) is 36.7 Å². The number of rotatable bonds is 2. The van der Waals surface area contributed by atoms with E-state index in [-0.39, 0.29) is 16.8 Å². The van der Waals surface area contributed by atoms with Gasteiger partial charge in [-0.3, -0.25) is 4.79 Å². The first-order chi connectivity index (χ1) is 11.7. The lowest BCUT2D eigenvalue weighted by molar-refractivity contribution is -0.140. The maximum atomic E-state index is 12.9. The summed E-state index contributed by atoms with van der Waals surface area (Å²) >= 11 is 1.05. The molecule has 1 saturated carbocycles. The highest BCUT2D eigenvalue weighted by Gasteiger charge is 2.33. The molecule has 1 fully saturated rings. The second-order valence-corrected chi connectivity index (χ2v) is 7.94. The number of fused-ring (bicyclic) bond motifs is 1. The van der Waals surface area contributed by atoms with Crippen LogP contribution in [0.15, 0.2) is 12.1 Å². The van der Waals surface area contributed by atoms with E-state index in [4.69, 9.17) is 0 Å². The predicted molar refractivity (Wildman–Crippen MR) is 92.9 cm³/mol. The van der Waals surface area contributed by atoms with Crippen molar-refractivity contribution < 1.29 is 18.0 Å². The highest BCUT2D eigenvalue weighted by molar-refractivity contribution is 7.20. The molecule has 0 saturated heterocycles. The molecule has 1 aliphatic rings. The first kappa shape index (κ1) is 18.2. The van der Waals surface area contributed by atoms with Gasteiger partial charge in [0.1, 0.15) is 10.5 Å². The Hall–Kier alpha value is -1.63. The number of hydrogen-bond donors (Lipinski definition) is 0. The van der Waals surface area contributed by atoms with Gasteiger partial charge in [-0.05, 0) is 43.4 Å². The van der Waals surface area contributed by atoms with Crippen LogP contribution in [0.5, 0.6) is 0 Å². The summed E-state index contributed by atoms with van der Waals surface area (Å²) in [6.07, 6.45) is -0.239. The zero-order valence-electron chi connectivity index (χ0n) is 14.5. The minimum absolute atomic E-state index is 0.117. The van der Waals surface area contributed by atoms with Crippen molar-refractivity contribution in [1.29, 1.82) is 0 Å². The summed E-state index contributed by atoms with van der Waals surface area (Å²) in [6.45, 7) is 3.97. The molecular weight excluding hydrogens is 349 g/mol. The van der Waals surface area contributed by atoms with Gasteiger partial charge in [0.2, 0.25) is 0 Å². The van der Waals surface area contributed by atoms with Crippen molar-refractivity contribution >= 4 is 27.5 Å². The largest absolute Gasteiger partial charge is 0.433 e. The minimum Gasteiger partial charge on any atom is -0.338 e. The van der Waals surface area contributed by atoms with Gasteiger partial charge in [0.25, 0.3) is 5.91 Å². The Morgan fingerprint density at radius 2 is 2.04 bits per heavy atom. The summed E-state index contributed by atoms with van der Waals surface area (Å²) in [6, 6.07) is 2.58. The molecule has 0 N–H and O–H groups in total. The summed E-state index contributed by atoms with van der Waals surface area (Å²) in [7, 11) is 1.80. The monoisotopic (exact) mass is 370 g/mol. The third-order valence-electron chi connectivity index (χ3n) is 5.07. The van der Waals surface area contributed by atoms with Gasteiger partial charge in [-0.1, -0.05) is 19.8 Å². The Bertz CT molecular complexity index is 799. The van der Waals surface area contributed by atoms with Crippen molar-refractivity contribution in [3.8, 4) is 0 Å². The van der Waals surface area contributed by atoms with E-state index in [9.17, 15) is 18.0 Å². The molecule has 2 unspecified atom stereocenters. The Morgan fingerprint density at radius 1 is 1.32 bits per heavy atom. The van der Waals surface area contributed by atoms with E-state index in [1.165, 1.54) is 12.5 Å². The summed E-state index contributed by atoms with van der Waals surface area (Å²) < 4.78 is 38.6.